The Kier molecular flexibility index (Phi) is 66.1. The first-order chi connectivity index (χ1) is 39.0. The first-order valence-electron chi connectivity index (χ1n) is 35.5. The molecule has 6 nitrogen and oxygen atoms in total. The molecule has 0 aliphatic carbocycles. The molecule has 0 spiro atoms. The van der Waals surface area contributed by atoms with Crippen LogP contribution in [0.3, 0.4) is 0 Å². The summed E-state index contributed by atoms with van der Waals surface area (Å²) in [6, 6.07) is 0. The number of carbonyl (C=O) groups excluding carboxylic acids is 3. The lowest BCUT2D eigenvalue weighted by atomic mass is 10.0. The number of esters is 3. The van der Waals surface area contributed by atoms with Gasteiger partial charge in [0.05, 0.1) is 0 Å². The Morgan fingerprint density at radius 1 is 0.253 bits per heavy atom. The molecule has 0 heterocycles. The summed E-state index contributed by atoms with van der Waals surface area (Å²) in [4.78, 5) is 38.4. The molecule has 464 valence electrons. The zero-order valence-electron chi connectivity index (χ0n) is 53.4. The molecule has 0 bridgehead atoms. The normalized spacial score (nSPS) is 12.2. The minimum atomic E-state index is -0.771. The Morgan fingerprint density at radius 2 is 0.456 bits per heavy atom. The maximum absolute atomic E-state index is 12.9. The second kappa shape index (κ2) is 68.1. The third-order valence-electron chi connectivity index (χ3n) is 16.1. The second-order valence-corrected chi connectivity index (χ2v) is 24.1. The third kappa shape index (κ3) is 66.3. The molecular weight excluding hydrogens is 973 g/mol. The van der Waals surface area contributed by atoms with Crippen molar-refractivity contribution >= 4 is 17.9 Å². The van der Waals surface area contributed by atoms with E-state index in [9.17, 15) is 14.4 Å². The Labute approximate surface area is 493 Å². The van der Waals surface area contributed by atoms with E-state index in [1.807, 2.05) is 0 Å². The summed E-state index contributed by atoms with van der Waals surface area (Å²) < 4.78 is 17.0. The summed E-state index contributed by atoms with van der Waals surface area (Å²) >= 11 is 0. The van der Waals surface area contributed by atoms with Crippen molar-refractivity contribution in [2.45, 2.75) is 399 Å². The molecule has 0 aromatic carbocycles. The largest absolute Gasteiger partial charge is 0.462 e. The molecule has 6 heteroatoms. The first kappa shape index (κ1) is 76.6. The number of rotatable bonds is 66. The van der Waals surface area contributed by atoms with Gasteiger partial charge in [0.25, 0.3) is 0 Å². The standard InChI is InChI=1S/C73H136O6/c1-4-7-10-13-16-19-22-25-27-29-31-32-33-34-35-36-37-38-39-40-41-42-43-45-46-48-51-54-57-60-63-66-72(75)78-69-70(68-77-71(74)65-62-59-56-53-50-24-21-18-15-12-9-6-3)79-73(76)67-64-61-58-55-52-49-47-44-30-28-26-23-20-17-14-11-8-5-2/h22,25,28-31,70H,4-21,23-24,26-27,32-69H2,1-3H3/b25-22-,30-28-,31-29-. The van der Waals surface area contributed by atoms with Crippen molar-refractivity contribution in [2.24, 2.45) is 0 Å². The number of unbranched alkanes of at least 4 members (excludes halogenated alkanes) is 49. The zero-order valence-corrected chi connectivity index (χ0v) is 53.4. The summed E-state index contributed by atoms with van der Waals surface area (Å²) in [5.74, 6) is -0.844. The van der Waals surface area contributed by atoms with Crippen LogP contribution in [0.5, 0.6) is 0 Å². The van der Waals surface area contributed by atoms with E-state index >= 15 is 0 Å². The van der Waals surface area contributed by atoms with Gasteiger partial charge in [-0.15, -0.1) is 0 Å². The molecule has 0 aliphatic heterocycles. The molecule has 0 saturated heterocycles. The van der Waals surface area contributed by atoms with Crippen molar-refractivity contribution in [2.75, 3.05) is 13.2 Å². The molecule has 0 aliphatic rings. The predicted molar refractivity (Wildman–Crippen MR) is 344 cm³/mol. The Hall–Kier alpha value is -2.37. The number of ether oxygens (including phenoxy) is 3. The highest BCUT2D eigenvalue weighted by molar-refractivity contribution is 5.71. The van der Waals surface area contributed by atoms with Crippen LogP contribution in [0, 0.1) is 0 Å². The molecule has 1 unspecified atom stereocenters. The Bertz CT molecular complexity index is 1320. The fraction of sp³-hybridized carbons (Fsp3) is 0.877. The van der Waals surface area contributed by atoms with Crippen LogP contribution in [-0.2, 0) is 28.6 Å². The molecule has 0 fully saturated rings. The van der Waals surface area contributed by atoms with E-state index < -0.39 is 6.10 Å². The van der Waals surface area contributed by atoms with Gasteiger partial charge >= 0.3 is 17.9 Å². The molecule has 0 N–H and O–H groups in total. The topological polar surface area (TPSA) is 78.9 Å². The van der Waals surface area contributed by atoms with Gasteiger partial charge in [0.2, 0.25) is 0 Å². The fourth-order valence-corrected chi connectivity index (χ4v) is 10.8. The minimum absolute atomic E-state index is 0.0678. The van der Waals surface area contributed by atoms with Crippen LogP contribution in [0.2, 0.25) is 0 Å². The molecule has 1 atom stereocenters. The van der Waals surface area contributed by atoms with E-state index in [2.05, 4.69) is 57.2 Å². The van der Waals surface area contributed by atoms with Crippen LogP contribution < -0.4 is 0 Å². The summed E-state index contributed by atoms with van der Waals surface area (Å²) in [5.41, 5.74) is 0. The highest BCUT2D eigenvalue weighted by Crippen LogP contribution is 2.18. The third-order valence-corrected chi connectivity index (χ3v) is 16.1. The lowest BCUT2D eigenvalue weighted by Crippen LogP contribution is -2.30. The number of hydrogen-bond acceptors (Lipinski definition) is 6. The number of hydrogen-bond donors (Lipinski definition) is 0. The first-order valence-corrected chi connectivity index (χ1v) is 35.5. The SMILES string of the molecule is CCCCCCC/C=C\C/C=C\CCCCCCCCCCCCCCCCCCCCCC(=O)OCC(COC(=O)CCCCCCCCCCCCCC)OC(=O)CCCCCCCCC/C=C\CCCCCCCCC. The summed E-state index contributed by atoms with van der Waals surface area (Å²) in [6.45, 7) is 6.69. The van der Waals surface area contributed by atoms with E-state index in [1.165, 1.54) is 289 Å². The highest BCUT2D eigenvalue weighted by Gasteiger charge is 2.19. The Morgan fingerprint density at radius 3 is 0.709 bits per heavy atom. The fourth-order valence-electron chi connectivity index (χ4n) is 10.8. The average Bonchev–Trinajstić information content (AvgIpc) is 3.45. The lowest BCUT2D eigenvalue weighted by Gasteiger charge is -2.18. The maximum Gasteiger partial charge on any atom is 0.306 e. The van der Waals surface area contributed by atoms with Crippen LogP contribution in [0.25, 0.3) is 0 Å². The van der Waals surface area contributed by atoms with Gasteiger partial charge in [-0.3, -0.25) is 14.4 Å². The number of allylic oxidation sites excluding steroid dienone is 6. The van der Waals surface area contributed by atoms with E-state index in [1.54, 1.807) is 0 Å². The monoisotopic (exact) mass is 1110 g/mol. The minimum Gasteiger partial charge on any atom is -0.462 e. The van der Waals surface area contributed by atoms with Crippen LogP contribution >= 0.6 is 0 Å². The molecule has 79 heavy (non-hydrogen) atoms. The van der Waals surface area contributed by atoms with Crippen LogP contribution in [0.4, 0.5) is 0 Å². The van der Waals surface area contributed by atoms with Crippen molar-refractivity contribution in [3.8, 4) is 0 Å². The maximum atomic E-state index is 12.9. The van der Waals surface area contributed by atoms with E-state index in [0.29, 0.717) is 19.3 Å². The van der Waals surface area contributed by atoms with Crippen molar-refractivity contribution < 1.29 is 28.6 Å². The Balaban J connectivity index is 4.13. The van der Waals surface area contributed by atoms with Gasteiger partial charge in [0.1, 0.15) is 13.2 Å². The van der Waals surface area contributed by atoms with Gasteiger partial charge < -0.3 is 14.2 Å². The molecular formula is C73H136O6. The van der Waals surface area contributed by atoms with Gasteiger partial charge in [0.15, 0.2) is 6.10 Å². The quantitative estimate of drug-likeness (QED) is 0.0261. The highest BCUT2D eigenvalue weighted by atomic mass is 16.6. The molecule has 0 amide bonds. The average molecular weight is 1110 g/mol. The summed E-state index contributed by atoms with van der Waals surface area (Å²) in [7, 11) is 0. The van der Waals surface area contributed by atoms with E-state index in [4.69, 9.17) is 14.2 Å². The zero-order chi connectivity index (χ0) is 57.1. The second-order valence-electron chi connectivity index (χ2n) is 24.1. The van der Waals surface area contributed by atoms with Crippen LogP contribution in [0.1, 0.15) is 393 Å². The van der Waals surface area contributed by atoms with Gasteiger partial charge in [-0.05, 0) is 77.0 Å². The summed E-state index contributed by atoms with van der Waals surface area (Å²) in [5, 5.41) is 0. The molecule has 0 radical (unpaired) electrons. The molecule has 0 aromatic rings. The van der Waals surface area contributed by atoms with Gasteiger partial charge in [0, 0.05) is 19.3 Å². The van der Waals surface area contributed by atoms with E-state index in [-0.39, 0.29) is 31.1 Å². The number of carbonyl (C=O) groups is 3. The van der Waals surface area contributed by atoms with Gasteiger partial charge in [-0.2, -0.15) is 0 Å². The van der Waals surface area contributed by atoms with Crippen molar-refractivity contribution in [1.82, 2.24) is 0 Å². The smallest absolute Gasteiger partial charge is 0.306 e. The van der Waals surface area contributed by atoms with Crippen molar-refractivity contribution in [1.29, 1.82) is 0 Å². The van der Waals surface area contributed by atoms with Gasteiger partial charge in [-0.1, -0.05) is 333 Å². The van der Waals surface area contributed by atoms with E-state index in [0.717, 1.165) is 64.2 Å². The molecule has 0 rings (SSSR count). The molecule has 0 aromatic heterocycles. The van der Waals surface area contributed by atoms with Crippen molar-refractivity contribution in [3.05, 3.63) is 36.5 Å². The lowest BCUT2D eigenvalue weighted by molar-refractivity contribution is -0.167. The summed E-state index contributed by atoms with van der Waals surface area (Å²) in [6.07, 6.45) is 84.7. The van der Waals surface area contributed by atoms with Crippen LogP contribution in [0.15, 0.2) is 36.5 Å². The molecule has 0 saturated carbocycles. The van der Waals surface area contributed by atoms with Gasteiger partial charge in [-0.25, -0.2) is 0 Å². The van der Waals surface area contributed by atoms with Crippen LogP contribution in [-0.4, -0.2) is 37.2 Å². The predicted octanol–water partition coefficient (Wildman–Crippen LogP) is 24.3. The van der Waals surface area contributed by atoms with Crippen molar-refractivity contribution in [3.63, 3.8) is 0 Å².